The van der Waals surface area contributed by atoms with Crippen LogP contribution in [0.5, 0.6) is 0 Å². The van der Waals surface area contributed by atoms with Crippen LogP contribution in [0.4, 0.5) is 0 Å². The Labute approximate surface area is 89.0 Å². The molecule has 1 fully saturated rings. The van der Waals surface area contributed by atoms with Crippen LogP contribution in [0.25, 0.3) is 0 Å². The molecule has 4 heteroatoms. The van der Waals surface area contributed by atoms with Crippen LogP contribution < -0.4 is 10.6 Å². The van der Waals surface area contributed by atoms with Crippen LogP contribution in [0.1, 0.15) is 30.3 Å². The van der Waals surface area contributed by atoms with E-state index in [0.29, 0.717) is 5.76 Å². The smallest absolute Gasteiger partial charge is 0.287 e. The molecule has 0 bridgehead atoms. The Hall–Kier alpha value is -1.29. The van der Waals surface area contributed by atoms with E-state index >= 15 is 0 Å². The van der Waals surface area contributed by atoms with Crippen molar-refractivity contribution in [3.63, 3.8) is 0 Å². The third-order valence-corrected chi connectivity index (χ3v) is 2.87. The zero-order valence-electron chi connectivity index (χ0n) is 8.88. The van der Waals surface area contributed by atoms with Crippen LogP contribution in [0.3, 0.4) is 0 Å². The Kier molecular flexibility index (Phi) is 2.77. The summed E-state index contributed by atoms with van der Waals surface area (Å²) < 4.78 is 5.05. The lowest BCUT2D eigenvalue weighted by atomic mass is 9.90. The lowest BCUT2D eigenvalue weighted by Gasteiger charge is -2.34. The van der Waals surface area contributed by atoms with Gasteiger partial charge in [-0.15, -0.1) is 0 Å². The largest absolute Gasteiger partial charge is 0.459 e. The maximum absolute atomic E-state index is 11.8. The third-order valence-electron chi connectivity index (χ3n) is 2.87. The number of hydrogen-bond donors (Lipinski definition) is 2. The third kappa shape index (κ3) is 2.39. The first-order valence-electron chi connectivity index (χ1n) is 5.26. The Balaban J connectivity index is 1.98. The Morgan fingerprint density at radius 1 is 1.53 bits per heavy atom. The van der Waals surface area contributed by atoms with Crippen molar-refractivity contribution in [3.8, 4) is 0 Å². The van der Waals surface area contributed by atoms with Crippen molar-refractivity contribution in [2.45, 2.75) is 25.3 Å². The molecule has 2 rings (SSSR count). The summed E-state index contributed by atoms with van der Waals surface area (Å²) in [4.78, 5) is 11.8. The molecule has 0 radical (unpaired) electrons. The first-order chi connectivity index (χ1) is 7.20. The van der Waals surface area contributed by atoms with E-state index in [9.17, 15) is 4.79 Å². The van der Waals surface area contributed by atoms with Crippen molar-refractivity contribution in [2.75, 3.05) is 13.1 Å². The van der Waals surface area contributed by atoms with Crippen LogP contribution in [0.2, 0.25) is 0 Å². The van der Waals surface area contributed by atoms with E-state index in [0.717, 1.165) is 25.9 Å². The maximum atomic E-state index is 11.8. The molecular formula is C11H16N2O2. The van der Waals surface area contributed by atoms with Gasteiger partial charge in [-0.3, -0.25) is 4.79 Å². The van der Waals surface area contributed by atoms with Crippen molar-refractivity contribution >= 4 is 5.91 Å². The molecule has 1 aromatic rings. The highest BCUT2D eigenvalue weighted by molar-refractivity contribution is 5.91. The number of rotatable bonds is 2. The van der Waals surface area contributed by atoms with Gasteiger partial charge in [0, 0.05) is 5.54 Å². The fraction of sp³-hybridized carbons (Fsp3) is 0.545. The molecule has 15 heavy (non-hydrogen) atoms. The van der Waals surface area contributed by atoms with E-state index in [-0.39, 0.29) is 11.4 Å². The van der Waals surface area contributed by atoms with Gasteiger partial charge in [0.05, 0.1) is 6.26 Å². The highest BCUT2D eigenvalue weighted by Crippen LogP contribution is 2.17. The number of carbonyl (C=O) groups excluding carboxylic acids is 1. The molecule has 1 saturated heterocycles. The molecule has 0 saturated carbocycles. The molecule has 1 amide bonds. The zero-order valence-corrected chi connectivity index (χ0v) is 8.88. The molecule has 1 aromatic heterocycles. The zero-order chi connectivity index (χ0) is 10.7. The highest BCUT2D eigenvalue weighted by atomic mass is 16.3. The topological polar surface area (TPSA) is 54.3 Å². The monoisotopic (exact) mass is 208 g/mol. The summed E-state index contributed by atoms with van der Waals surface area (Å²) in [5, 5.41) is 6.30. The van der Waals surface area contributed by atoms with Crippen LogP contribution in [-0.2, 0) is 0 Å². The fourth-order valence-corrected chi connectivity index (χ4v) is 1.85. The van der Waals surface area contributed by atoms with Crippen LogP contribution in [0.15, 0.2) is 22.8 Å². The molecule has 0 aliphatic carbocycles. The molecule has 0 atom stereocenters. The standard InChI is InChI=1S/C11H16N2O2/c1-11(4-6-12-7-5-11)13-10(14)9-3-2-8-15-9/h2-3,8,12H,4-7H2,1H3,(H,13,14). The normalized spacial score (nSPS) is 19.8. The van der Waals surface area contributed by atoms with E-state index in [1.54, 1.807) is 12.1 Å². The first-order valence-corrected chi connectivity index (χ1v) is 5.26. The van der Waals surface area contributed by atoms with E-state index < -0.39 is 0 Å². The molecule has 0 aromatic carbocycles. The molecule has 82 valence electrons. The summed E-state index contributed by atoms with van der Waals surface area (Å²) in [6.07, 6.45) is 3.43. The average molecular weight is 208 g/mol. The van der Waals surface area contributed by atoms with Crippen LogP contribution in [0, 0.1) is 0 Å². The van der Waals surface area contributed by atoms with E-state index in [1.807, 2.05) is 0 Å². The second-order valence-corrected chi connectivity index (χ2v) is 4.24. The van der Waals surface area contributed by atoms with Crippen molar-refractivity contribution in [1.29, 1.82) is 0 Å². The summed E-state index contributed by atoms with van der Waals surface area (Å²) >= 11 is 0. The van der Waals surface area contributed by atoms with Gasteiger partial charge in [0.2, 0.25) is 0 Å². The molecule has 2 N–H and O–H groups in total. The summed E-state index contributed by atoms with van der Waals surface area (Å²) in [5.41, 5.74) is -0.102. The van der Waals surface area contributed by atoms with Gasteiger partial charge >= 0.3 is 0 Å². The fourth-order valence-electron chi connectivity index (χ4n) is 1.85. The minimum atomic E-state index is -0.121. The molecule has 4 nitrogen and oxygen atoms in total. The van der Waals surface area contributed by atoms with Gasteiger partial charge in [-0.05, 0) is 45.0 Å². The number of hydrogen-bond acceptors (Lipinski definition) is 3. The van der Waals surface area contributed by atoms with E-state index in [2.05, 4.69) is 17.6 Å². The minimum absolute atomic E-state index is 0.102. The second-order valence-electron chi connectivity index (χ2n) is 4.24. The molecule has 2 heterocycles. The Morgan fingerprint density at radius 2 is 2.27 bits per heavy atom. The van der Waals surface area contributed by atoms with Crippen molar-refractivity contribution in [2.24, 2.45) is 0 Å². The highest BCUT2D eigenvalue weighted by Gasteiger charge is 2.29. The number of piperidine rings is 1. The SMILES string of the molecule is CC1(NC(=O)c2ccco2)CCNCC1. The van der Waals surface area contributed by atoms with Crippen LogP contribution >= 0.6 is 0 Å². The van der Waals surface area contributed by atoms with Gasteiger partial charge in [0.1, 0.15) is 0 Å². The van der Waals surface area contributed by atoms with Gasteiger partial charge < -0.3 is 15.1 Å². The lowest BCUT2D eigenvalue weighted by Crippen LogP contribution is -2.52. The quantitative estimate of drug-likeness (QED) is 0.766. The molecular weight excluding hydrogens is 192 g/mol. The number of furan rings is 1. The number of amides is 1. The average Bonchev–Trinajstić information content (AvgIpc) is 2.70. The Bertz CT molecular complexity index is 326. The predicted molar refractivity (Wildman–Crippen MR) is 56.7 cm³/mol. The minimum Gasteiger partial charge on any atom is -0.459 e. The van der Waals surface area contributed by atoms with Gasteiger partial charge in [0.15, 0.2) is 5.76 Å². The lowest BCUT2D eigenvalue weighted by molar-refractivity contribution is 0.0859. The first kappa shape index (κ1) is 10.2. The Morgan fingerprint density at radius 3 is 2.87 bits per heavy atom. The van der Waals surface area contributed by atoms with E-state index in [4.69, 9.17) is 4.42 Å². The molecule has 1 aliphatic heterocycles. The number of carbonyl (C=O) groups is 1. The van der Waals surface area contributed by atoms with Crippen molar-refractivity contribution in [3.05, 3.63) is 24.2 Å². The molecule has 1 aliphatic rings. The summed E-state index contributed by atoms with van der Waals surface area (Å²) in [5.74, 6) is 0.263. The maximum Gasteiger partial charge on any atom is 0.287 e. The van der Waals surface area contributed by atoms with Crippen LogP contribution in [-0.4, -0.2) is 24.5 Å². The molecule has 0 unspecified atom stereocenters. The molecule has 0 spiro atoms. The van der Waals surface area contributed by atoms with Gasteiger partial charge in [-0.1, -0.05) is 0 Å². The van der Waals surface area contributed by atoms with Gasteiger partial charge in [-0.2, -0.15) is 0 Å². The second kappa shape index (κ2) is 4.06. The van der Waals surface area contributed by atoms with Gasteiger partial charge in [0.25, 0.3) is 5.91 Å². The number of nitrogens with one attached hydrogen (secondary N) is 2. The van der Waals surface area contributed by atoms with E-state index in [1.165, 1.54) is 6.26 Å². The van der Waals surface area contributed by atoms with Crippen molar-refractivity contribution < 1.29 is 9.21 Å². The van der Waals surface area contributed by atoms with Crippen molar-refractivity contribution in [1.82, 2.24) is 10.6 Å². The van der Waals surface area contributed by atoms with Gasteiger partial charge in [-0.25, -0.2) is 0 Å². The summed E-state index contributed by atoms with van der Waals surface area (Å²) in [7, 11) is 0. The summed E-state index contributed by atoms with van der Waals surface area (Å²) in [6.45, 7) is 3.98. The summed E-state index contributed by atoms with van der Waals surface area (Å²) in [6, 6.07) is 3.40. The predicted octanol–water partition coefficient (Wildman–Crippen LogP) is 1.15.